The van der Waals surface area contributed by atoms with Gasteiger partial charge in [-0.25, -0.2) is 5.43 Å². The van der Waals surface area contributed by atoms with Crippen molar-refractivity contribution in [3.63, 3.8) is 0 Å². The molecule has 0 amide bonds. The zero-order valence-corrected chi connectivity index (χ0v) is 23.2. The highest BCUT2D eigenvalue weighted by Crippen LogP contribution is 2.40. The molecular weight excluding hydrogens is 537 g/mol. The number of likely N-dealkylation sites (tertiary alicyclic amines) is 1. The van der Waals surface area contributed by atoms with Gasteiger partial charge < -0.3 is 20.4 Å². The van der Waals surface area contributed by atoms with Gasteiger partial charge in [0, 0.05) is 30.9 Å². The summed E-state index contributed by atoms with van der Waals surface area (Å²) < 4.78 is 47.0. The van der Waals surface area contributed by atoms with Gasteiger partial charge in [0.15, 0.2) is 6.29 Å². The van der Waals surface area contributed by atoms with Crippen LogP contribution in [0.3, 0.4) is 0 Å². The summed E-state index contributed by atoms with van der Waals surface area (Å²) in [7, 11) is 0. The highest BCUT2D eigenvalue weighted by molar-refractivity contribution is 5.86. The Bertz CT molecular complexity index is 1340. The zero-order valence-electron chi connectivity index (χ0n) is 23.2. The molecule has 0 radical (unpaired) electrons. The van der Waals surface area contributed by atoms with E-state index >= 15 is 0 Å². The number of hydrogen-bond donors (Lipinski definition) is 3. The van der Waals surface area contributed by atoms with Gasteiger partial charge in [0.05, 0.1) is 12.1 Å². The van der Waals surface area contributed by atoms with Crippen molar-refractivity contribution in [2.75, 3.05) is 25.4 Å². The van der Waals surface area contributed by atoms with E-state index in [0.29, 0.717) is 37.4 Å². The van der Waals surface area contributed by atoms with Crippen molar-refractivity contribution in [1.29, 1.82) is 0 Å². The first kappa shape index (κ1) is 30.1. The molecule has 2 aliphatic heterocycles. The van der Waals surface area contributed by atoms with Crippen molar-refractivity contribution < 1.29 is 32.6 Å². The maximum absolute atomic E-state index is 13.5. The number of carbonyl (C=O) groups is 2. The SMILES string of the molecule is CC1=C(c2ccccc2)C=C(OC2CCN(CC(=O)O)CC2)N(N[C@H](C)c2cc(N)cc(C(F)(F)F)c2)[C@@]1(C)C=O. The lowest BCUT2D eigenvalue weighted by Gasteiger charge is -2.46. The van der Waals surface area contributed by atoms with Gasteiger partial charge in [-0.05, 0) is 74.1 Å². The van der Waals surface area contributed by atoms with E-state index in [1.54, 1.807) is 18.9 Å². The van der Waals surface area contributed by atoms with Crippen LogP contribution in [0.5, 0.6) is 0 Å². The van der Waals surface area contributed by atoms with Crippen molar-refractivity contribution in [2.24, 2.45) is 0 Å². The van der Waals surface area contributed by atoms with Crippen LogP contribution in [0.2, 0.25) is 0 Å². The number of rotatable bonds is 9. The second-order valence-electron chi connectivity index (χ2n) is 10.7. The van der Waals surface area contributed by atoms with Gasteiger partial charge in [0.25, 0.3) is 0 Å². The maximum Gasteiger partial charge on any atom is 0.416 e. The number of aliphatic carboxylic acids is 1. The fourth-order valence-electron chi connectivity index (χ4n) is 5.21. The monoisotopic (exact) mass is 572 g/mol. The molecular formula is C30H35F3N4O4. The average Bonchev–Trinajstić information content (AvgIpc) is 2.93. The molecule has 0 aliphatic carbocycles. The average molecular weight is 573 g/mol. The lowest BCUT2D eigenvalue weighted by Crippen LogP contribution is -2.58. The largest absolute Gasteiger partial charge is 0.480 e. The van der Waals surface area contributed by atoms with E-state index in [1.165, 1.54) is 6.07 Å². The van der Waals surface area contributed by atoms with Crippen LogP contribution in [0.25, 0.3) is 5.57 Å². The smallest absolute Gasteiger partial charge is 0.416 e. The van der Waals surface area contributed by atoms with E-state index in [4.69, 9.17) is 15.6 Å². The van der Waals surface area contributed by atoms with Gasteiger partial charge in [-0.2, -0.15) is 13.2 Å². The van der Waals surface area contributed by atoms with E-state index in [2.05, 4.69) is 5.43 Å². The molecule has 0 unspecified atom stereocenters. The summed E-state index contributed by atoms with van der Waals surface area (Å²) in [6.07, 6.45) is -1.07. The summed E-state index contributed by atoms with van der Waals surface area (Å²) in [6, 6.07) is 12.2. The number of carboxylic acids is 1. The number of piperidine rings is 1. The van der Waals surface area contributed by atoms with Crippen molar-refractivity contribution in [3.8, 4) is 0 Å². The third-order valence-corrected chi connectivity index (χ3v) is 7.74. The number of halogens is 3. The third kappa shape index (κ3) is 6.74. The number of aldehydes is 1. The number of carboxylic acid groups (broad SMARTS) is 1. The number of hydrogen-bond acceptors (Lipinski definition) is 7. The summed E-state index contributed by atoms with van der Waals surface area (Å²) in [5.41, 5.74) is 9.61. The number of alkyl halides is 3. The number of benzene rings is 2. The van der Waals surface area contributed by atoms with Crippen molar-refractivity contribution in [3.05, 3.63) is 82.8 Å². The second kappa shape index (κ2) is 12.0. The minimum absolute atomic E-state index is 0.0251. The van der Waals surface area contributed by atoms with Gasteiger partial charge in [0.1, 0.15) is 11.6 Å². The maximum atomic E-state index is 13.5. The Balaban J connectivity index is 1.69. The molecule has 2 atom stereocenters. The van der Waals surface area contributed by atoms with Crippen LogP contribution in [-0.4, -0.2) is 58.5 Å². The van der Waals surface area contributed by atoms with E-state index < -0.39 is 29.3 Å². The third-order valence-electron chi connectivity index (χ3n) is 7.74. The molecule has 8 nitrogen and oxygen atoms in total. The minimum Gasteiger partial charge on any atom is -0.480 e. The Hall–Kier alpha value is -3.83. The van der Waals surface area contributed by atoms with Crippen LogP contribution in [-0.2, 0) is 20.5 Å². The number of hydrazine groups is 1. The number of anilines is 1. The van der Waals surface area contributed by atoms with Gasteiger partial charge >= 0.3 is 12.1 Å². The molecule has 220 valence electrons. The van der Waals surface area contributed by atoms with Crippen molar-refractivity contribution in [2.45, 2.75) is 57.5 Å². The number of allylic oxidation sites excluding steroid dienone is 2. The summed E-state index contributed by atoms with van der Waals surface area (Å²) in [4.78, 5) is 25.8. The fourth-order valence-corrected chi connectivity index (χ4v) is 5.21. The van der Waals surface area contributed by atoms with Crippen molar-refractivity contribution >= 4 is 23.5 Å². The molecule has 1 fully saturated rings. The van der Waals surface area contributed by atoms with Gasteiger partial charge in [-0.15, -0.1) is 0 Å². The number of nitrogens with two attached hydrogens (primary N) is 1. The molecule has 0 spiro atoms. The van der Waals surface area contributed by atoms with E-state index in [9.17, 15) is 22.8 Å². The predicted molar refractivity (Wildman–Crippen MR) is 149 cm³/mol. The molecule has 0 aromatic heterocycles. The van der Waals surface area contributed by atoms with Crippen LogP contribution in [0.4, 0.5) is 18.9 Å². The normalized spacial score (nSPS) is 21.4. The number of nitrogen functional groups attached to an aromatic ring is 1. The molecule has 4 N–H and O–H groups in total. The molecule has 0 bridgehead atoms. The fraction of sp³-hybridized carbons (Fsp3) is 0.400. The molecule has 2 aromatic rings. The standard InChI is InChI=1S/C30H35F3N4O4/c1-19-26(21-7-5-4-6-8-21)16-27(41-25-9-11-36(12-10-25)17-28(39)40)37(29(19,3)18-38)35-20(2)22-13-23(30(31,32)33)15-24(34)14-22/h4-8,13-16,18,20,25,35H,9-12,17,34H2,1-3H3,(H,39,40)/t20-,29+/m1/s1. The Labute approximate surface area is 237 Å². The molecule has 11 heteroatoms. The summed E-state index contributed by atoms with van der Waals surface area (Å²) >= 11 is 0. The number of nitrogens with one attached hydrogen (secondary N) is 1. The Morgan fingerprint density at radius 2 is 1.88 bits per heavy atom. The van der Waals surface area contributed by atoms with Crippen LogP contribution >= 0.6 is 0 Å². The summed E-state index contributed by atoms with van der Waals surface area (Å²) in [5, 5.41) is 10.7. The molecule has 0 saturated carbocycles. The zero-order chi connectivity index (χ0) is 29.9. The Kier molecular flexibility index (Phi) is 8.79. The van der Waals surface area contributed by atoms with E-state index in [-0.39, 0.29) is 18.3 Å². The topological polar surface area (TPSA) is 108 Å². The van der Waals surface area contributed by atoms with Crippen LogP contribution in [0.1, 0.15) is 56.3 Å². The number of nitrogens with zero attached hydrogens (tertiary/aromatic N) is 2. The molecule has 2 heterocycles. The van der Waals surface area contributed by atoms with Crippen LogP contribution < -0.4 is 11.2 Å². The molecule has 4 rings (SSSR count). The molecule has 2 aliphatic rings. The first-order valence-electron chi connectivity index (χ1n) is 13.4. The lowest BCUT2D eigenvalue weighted by atomic mass is 9.84. The van der Waals surface area contributed by atoms with Crippen LogP contribution in [0.15, 0.2) is 66.1 Å². The molecule has 2 aromatic carbocycles. The minimum atomic E-state index is -4.57. The van der Waals surface area contributed by atoms with Gasteiger partial charge in [0.2, 0.25) is 5.88 Å². The lowest BCUT2D eigenvalue weighted by molar-refractivity contribution is -0.139. The second-order valence-corrected chi connectivity index (χ2v) is 10.7. The highest BCUT2D eigenvalue weighted by atomic mass is 19.4. The van der Waals surface area contributed by atoms with Crippen LogP contribution in [0, 0.1) is 0 Å². The molecule has 41 heavy (non-hydrogen) atoms. The number of carbonyl (C=O) groups excluding carboxylic acids is 1. The quantitative estimate of drug-likeness (QED) is 0.285. The predicted octanol–water partition coefficient (Wildman–Crippen LogP) is 5.01. The van der Waals surface area contributed by atoms with Gasteiger partial charge in [-0.3, -0.25) is 14.7 Å². The summed E-state index contributed by atoms with van der Waals surface area (Å²) in [5.74, 6) is -0.554. The summed E-state index contributed by atoms with van der Waals surface area (Å²) in [6.45, 7) is 6.27. The van der Waals surface area contributed by atoms with Crippen molar-refractivity contribution in [1.82, 2.24) is 15.3 Å². The van der Waals surface area contributed by atoms with E-state index in [1.807, 2.05) is 48.2 Å². The first-order valence-corrected chi connectivity index (χ1v) is 13.4. The number of ether oxygens (including phenoxy) is 1. The highest BCUT2D eigenvalue weighted by Gasteiger charge is 2.42. The Morgan fingerprint density at radius 1 is 1.22 bits per heavy atom. The molecule has 1 saturated heterocycles. The van der Waals surface area contributed by atoms with E-state index in [0.717, 1.165) is 35.1 Å². The van der Waals surface area contributed by atoms with Gasteiger partial charge in [-0.1, -0.05) is 30.3 Å². The first-order chi connectivity index (χ1) is 19.3. The Morgan fingerprint density at radius 3 is 2.46 bits per heavy atom.